The number of hydrogen-bond donors (Lipinski definition) is 1. The Labute approximate surface area is 110 Å². The van der Waals surface area contributed by atoms with Crippen LogP contribution in [0.15, 0.2) is 28.7 Å². The van der Waals surface area contributed by atoms with Crippen LogP contribution in [0.5, 0.6) is 0 Å². The van der Waals surface area contributed by atoms with E-state index in [-0.39, 0.29) is 0 Å². The Morgan fingerprint density at radius 3 is 2.59 bits per heavy atom. The third kappa shape index (κ3) is 3.57. The van der Waals surface area contributed by atoms with Gasteiger partial charge in [-0.1, -0.05) is 11.6 Å². The smallest absolute Gasteiger partial charge is 0.118 e. The van der Waals surface area contributed by atoms with Crippen LogP contribution in [-0.2, 0) is 19.6 Å². The van der Waals surface area contributed by atoms with Gasteiger partial charge in [0.05, 0.1) is 17.4 Å². The molecule has 2 N–H and O–H groups in total. The lowest BCUT2D eigenvalue weighted by molar-refractivity contribution is 0.286. The van der Waals surface area contributed by atoms with Crippen LogP contribution >= 0.6 is 22.9 Å². The van der Waals surface area contributed by atoms with Crippen LogP contribution < -0.4 is 5.73 Å². The minimum atomic E-state index is 0.449. The molecule has 0 aliphatic heterocycles. The molecule has 2 heterocycles. The topological polar surface area (TPSA) is 42.4 Å². The number of furan rings is 1. The van der Waals surface area contributed by atoms with Gasteiger partial charge in [-0.3, -0.25) is 4.90 Å². The van der Waals surface area contributed by atoms with E-state index in [2.05, 4.69) is 18.0 Å². The normalized spacial score (nSPS) is 11.3. The first-order chi connectivity index (χ1) is 8.17. The number of nitrogens with two attached hydrogens (primary N) is 1. The maximum absolute atomic E-state index is 5.89. The van der Waals surface area contributed by atoms with Crippen molar-refractivity contribution in [2.75, 3.05) is 7.05 Å². The molecule has 0 spiro atoms. The number of halogens is 1. The zero-order chi connectivity index (χ0) is 12.3. The standard InChI is InChI=1S/C12H15ClN2OS/c1-15(8-11-4-5-12(13)17-11)7-10-3-2-9(6-14)16-10/h2-5H,6-8,14H2,1H3. The predicted molar refractivity (Wildman–Crippen MR) is 71.1 cm³/mol. The van der Waals surface area contributed by atoms with Gasteiger partial charge in [0.25, 0.3) is 0 Å². The van der Waals surface area contributed by atoms with Crippen LogP contribution in [0.4, 0.5) is 0 Å². The van der Waals surface area contributed by atoms with E-state index in [1.165, 1.54) is 4.88 Å². The van der Waals surface area contributed by atoms with Crippen molar-refractivity contribution in [3.05, 3.63) is 45.0 Å². The van der Waals surface area contributed by atoms with E-state index in [1.54, 1.807) is 11.3 Å². The highest BCUT2D eigenvalue weighted by Crippen LogP contribution is 2.22. The van der Waals surface area contributed by atoms with E-state index in [4.69, 9.17) is 21.8 Å². The van der Waals surface area contributed by atoms with Crippen LogP contribution in [0.25, 0.3) is 0 Å². The molecule has 0 aliphatic rings. The molecule has 17 heavy (non-hydrogen) atoms. The summed E-state index contributed by atoms with van der Waals surface area (Å²) in [7, 11) is 2.05. The van der Waals surface area contributed by atoms with Crippen molar-refractivity contribution in [1.82, 2.24) is 4.90 Å². The monoisotopic (exact) mass is 270 g/mol. The van der Waals surface area contributed by atoms with Gasteiger partial charge in [0.1, 0.15) is 11.5 Å². The first-order valence-corrected chi connectivity index (χ1v) is 6.57. The molecule has 0 bridgehead atoms. The molecule has 0 saturated carbocycles. The lowest BCUT2D eigenvalue weighted by atomic mass is 10.4. The molecule has 2 aromatic heterocycles. The summed E-state index contributed by atoms with van der Waals surface area (Å²) in [5.74, 6) is 1.77. The van der Waals surface area contributed by atoms with Crippen LogP contribution in [0.1, 0.15) is 16.4 Å². The minimum absolute atomic E-state index is 0.449. The average molecular weight is 271 g/mol. The maximum Gasteiger partial charge on any atom is 0.118 e. The van der Waals surface area contributed by atoms with Crippen molar-refractivity contribution < 1.29 is 4.42 Å². The van der Waals surface area contributed by atoms with E-state index in [0.717, 1.165) is 28.9 Å². The molecule has 2 rings (SSSR count). The molecular formula is C12H15ClN2OS. The van der Waals surface area contributed by atoms with Gasteiger partial charge in [-0.05, 0) is 31.3 Å². The van der Waals surface area contributed by atoms with Crippen molar-refractivity contribution in [3.63, 3.8) is 0 Å². The summed E-state index contributed by atoms with van der Waals surface area (Å²) >= 11 is 7.50. The van der Waals surface area contributed by atoms with Crippen LogP contribution in [0.3, 0.4) is 0 Å². The quantitative estimate of drug-likeness (QED) is 0.908. The van der Waals surface area contributed by atoms with E-state index in [0.29, 0.717) is 6.54 Å². The second-order valence-corrected chi connectivity index (χ2v) is 5.75. The number of nitrogens with zero attached hydrogens (tertiary/aromatic N) is 1. The average Bonchev–Trinajstić information content (AvgIpc) is 2.88. The fourth-order valence-electron chi connectivity index (χ4n) is 1.64. The molecule has 92 valence electrons. The first kappa shape index (κ1) is 12.6. The van der Waals surface area contributed by atoms with Crippen molar-refractivity contribution in [3.8, 4) is 0 Å². The van der Waals surface area contributed by atoms with Gasteiger partial charge in [-0.15, -0.1) is 11.3 Å². The fraction of sp³-hybridized carbons (Fsp3) is 0.333. The number of rotatable bonds is 5. The first-order valence-electron chi connectivity index (χ1n) is 5.38. The zero-order valence-corrected chi connectivity index (χ0v) is 11.2. The van der Waals surface area contributed by atoms with Crippen LogP contribution in [0, 0.1) is 0 Å². The zero-order valence-electron chi connectivity index (χ0n) is 9.65. The fourth-order valence-corrected chi connectivity index (χ4v) is 2.81. The van der Waals surface area contributed by atoms with Gasteiger partial charge < -0.3 is 10.2 Å². The number of thiophene rings is 1. The van der Waals surface area contributed by atoms with Gasteiger partial charge in [-0.2, -0.15) is 0 Å². The lowest BCUT2D eigenvalue weighted by Crippen LogP contribution is -2.16. The molecule has 2 aromatic rings. The van der Waals surface area contributed by atoms with Gasteiger partial charge in [-0.25, -0.2) is 0 Å². The molecule has 0 aliphatic carbocycles. The third-order valence-corrected chi connectivity index (χ3v) is 3.61. The summed E-state index contributed by atoms with van der Waals surface area (Å²) in [6, 6.07) is 7.87. The summed E-state index contributed by atoms with van der Waals surface area (Å²) in [4.78, 5) is 3.43. The van der Waals surface area contributed by atoms with Gasteiger partial charge in [0.15, 0.2) is 0 Å². The van der Waals surface area contributed by atoms with Crippen molar-refractivity contribution in [2.24, 2.45) is 5.73 Å². The van der Waals surface area contributed by atoms with E-state index in [1.807, 2.05) is 18.2 Å². The van der Waals surface area contributed by atoms with Crippen LogP contribution in [0.2, 0.25) is 4.34 Å². The Balaban J connectivity index is 1.90. The predicted octanol–water partition coefficient (Wildman–Crippen LogP) is 3.09. The Hall–Kier alpha value is -0.810. The molecule has 0 aromatic carbocycles. The lowest BCUT2D eigenvalue weighted by Gasteiger charge is -2.13. The molecular weight excluding hydrogens is 256 g/mol. The second-order valence-electron chi connectivity index (χ2n) is 3.95. The summed E-state index contributed by atoms with van der Waals surface area (Å²) in [5.41, 5.74) is 5.50. The summed E-state index contributed by atoms with van der Waals surface area (Å²) in [6.07, 6.45) is 0. The maximum atomic E-state index is 5.89. The molecule has 3 nitrogen and oxygen atoms in total. The summed E-state index contributed by atoms with van der Waals surface area (Å²) in [5, 5.41) is 0. The highest BCUT2D eigenvalue weighted by Gasteiger charge is 2.07. The Morgan fingerprint density at radius 1 is 1.24 bits per heavy atom. The highest BCUT2D eigenvalue weighted by atomic mass is 35.5. The second kappa shape index (κ2) is 5.69. The van der Waals surface area contributed by atoms with Gasteiger partial charge in [0, 0.05) is 11.4 Å². The van der Waals surface area contributed by atoms with E-state index < -0.39 is 0 Å². The largest absolute Gasteiger partial charge is 0.463 e. The molecule has 0 saturated heterocycles. The third-order valence-electron chi connectivity index (χ3n) is 2.40. The van der Waals surface area contributed by atoms with Crippen molar-refractivity contribution >= 4 is 22.9 Å². The molecule has 0 amide bonds. The van der Waals surface area contributed by atoms with Gasteiger partial charge >= 0.3 is 0 Å². The molecule has 0 atom stereocenters. The summed E-state index contributed by atoms with van der Waals surface area (Å²) < 4.78 is 6.39. The molecule has 0 radical (unpaired) electrons. The molecule has 5 heteroatoms. The number of hydrogen-bond acceptors (Lipinski definition) is 4. The minimum Gasteiger partial charge on any atom is -0.463 e. The van der Waals surface area contributed by atoms with Crippen molar-refractivity contribution in [1.29, 1.82) is 0 Å². The van der Waals surface area contributed by atoms with E-state index >= 15 is 0 Å². The Morgan fingerprint density at radius 2 is 2.00 bits per heavy atom. The van der Waals surface area contributed by atoms with Gasteiger partial charge in [0.2, 0.25) is 0 Å². The highest BCUT2D eigenvalue weighted by molar-refractivity contribution is 7.16. The summed E-state index contributed by atoms with van der Waals surface area (Å²) in [6.45, 7) is 2.09. The van der Waals surface area contributed by atoms with Crippen LogP contribution in [-0.4, -0.2) is 11.9 Å². The molecule has 0 unspecified atom stereocenters. The molecule has 0 fully saturated rings. The van der Waals surface area contributed by atoms with E-state index in [9.17, 15) is 0 Å². The Kier molecular flexibility index (Phi) is 4.23. The Bertz CT molecular complexity index is 480. The van der Waals surface area contributed by atoms with Crippen molar-refractivity contribution in [2.45, 2.75) is 19.6 Å². The SMILES string of the molecule is CN(Cc1ccc(CN)o1)Cc1ccc(Cl)s1.